The molecule has 0 aromatic heterocycles. The predicted molar refractivity (Wildman–Crippen MR) is 108 cm³/mol. The molecule has 0 unspecified atom stereocenters. The van der Waals surface area contributed by atoms with Crippen molar-refractivity contribution in [3.63, 3.8) is 0 Å². The third kappa shape index (κ3) is 4.20. The van der Waals surface area contributed by atoms with Gasteiger partial charge < -0.3 is 10.1 Å². The molecule has 6 nitrogen and oxygen atoms in total. The average Bonchev–Trinajstić information content (AvgIpc) is 3.15. The normalized spacial score (nSPS) is 20.3. The molecule has 3 rings (SSSR count). The van der Waals surface area contributed by atoms with E-state index in [0.29, 0.717) is 5.75 Å². The number of amides is 1. The van der Waals surface area contributed by atoms with Crippen LogP contribution in [0.1, 0.15) is 25.3 Å². The van der Waals surface area contributed by atoms with Gasteiger partial charge >= 0.3 is 0 Å². The molecule has 1 heterocycles. The number of hydrogen-bond acceptors (Lipinski definition) is 4. The maximum Gasteiger partial charge on any atom is 0.243 e. The summed E-state index contributed by atoms with van der Waals surface area (Å²) >= 11 is 0. The van der Waals surface area contributed by atoms with Crippen molar-refractivity contribution in [1.29, 1.82) is 0 Å². The summed E-state index contributed by atoms with van der Waals surface area (Å²) in [6, 6.07) is 15.8. The molecule has 2 aromatic rings. The minimum atomic E-state index is -3.67. The lowest BCUT2D eigenvalue weighted by Gasteiger charge is -2.20. The number of nitrogens with one attached hydrogen (secondary N) is 1. The molecule has 0 saturated carbocycles. The Bertz CT molecular complexity index is 928. The Morgan fingerprint density at radius 3 is 2.46 bits per heavy atom. The second-order valence-electron chi connectivity index (χ2n) is 7.29. The molecule has 1 aliphatic rings. The van der Waals surface area contributed by atoms with Gasteiger partial charge in [0.05, 0.1) is 17.9 Å². The highest BCUT2D eigenvalue weighted by Gasteiger charge is 2.43. The third-order valence-electron chi connectivity index (χ3n) is 4.96. The molecule has 7 heteroatoms. The van der Waals surface area contributed by atoms with Crippen molar-refractivity contribution in [3.05, 3.63) is 60.2 Å². The highest BCUT2D eigenvalue weighted by atomic mass is 32.2. The Kier molecular flexibility index (Phi) is 6.05. The van der Waals surface area contributed by atoms with E-state index in [1.807, 2.05) is 38.1 Å². The number of carbonyl (C=O) groups is 1. The minimum absolute atomic E-state index is 0.0155. The van der Waals surface area contributed by atoms with E-state index in [0.717, 1.165) is 5.56 Å². The second-order valence-corrected chi connectivity index (χ2v) is 9.23. The van der Waals surface area contributed by atoms with E-state index in [-0.39, 0.29) is 35.9 Å². The first-order valence-corrected chi connectivity index (χ1v) is 10.8. The molecular weight excluding hydrogens is 376 g/mol. The van der Waals surface area contributed by atoms with Gasteiger partial charge in [0.1, 0.15) is 5.75 Å². The monoisotopic (exact) mass is 402 g/mol. The lowest BCUT2D eigenvalue weighted by atomic mass is 9.88. The van der Waals surface area contributed by atoms with Crippen molar-refractivity contribution in [2.75, 3.05) is 20.2 Å². The van der Waals surface area contributed by atoms with Crippen LogP contribution in [-0.2, 0) is 14.8 Å². The first-order valence-electron chi connectivity index (χ1n) is 9.32. The zero-order valence-corrected chi connectivity index (χ0v) is 17.1. The SMILES string of the molecule is COc1cccc([C@H]2CN(S(=O)(=O)c3ccccc3)C[C@@H]2C(=O)NC(C)C)c1. The summed E-state index contributed by atoms with van der Waals surface area (Å²) in [5.74, 6) is -0.154. The van der Waals surface area contributed by atoms with Crippen LogP contribution in [0.3, 0.4) is 0 Å². The van der Waals surface area contributed by atoms with Gasteiger partial charge in [0.25, 0.3) is 0 Å². The van der Waals surface area contributed by atoms with Gasteiger partial charge in [-0.15, -0.1) is 0 Å². The second kappa shape index (κ2) is 8.32. The number of hydrogen-bond donors (Lipinski definition) is 1. The smallest absolute Gasteiger partial charge is 0.243 e. The minimum Gasteiger partial charge on any atom is -0.497 e. The van der Waals surface area contributed by atoms with E-state index in [1.165, 1.54) is 4.31 Å². The Morgan fingerprint density at radius 2 is 1.82 bits per heavy atom. The predicted octanol–water partition coefficient (Wildman–Crippen LogP) is 2.62. The molecule has 1 saturated heterocycles. The number of rotatable bonds is 6. The van der Waals surface area contributed by atoms with Gasteiger partial charge in [-0.2, -0.15) is 4.31 Å². The molecule has 1 N–H and O–H groups in total. The van der Waals surface area contributed by atoms with E-state index >= 15 is 0 Å². The summed E-state index contributed by atoms with van der Waals surface area (Å²) in [5, 5.41) is 2.93. The van der Waals surface area contributed by atoms with E-state index in [1.54, 1.807) is 37.4 Å². The van der Waals surface area contributed by atoms with Crippen LogP contribution in [0.15, 0.2) is 59.5 Å². The van der Waals surface area contributed by atoms with E-state index in [4.69, 9.17) is 4.74 Å². The molecular formula is C21H26N2O4S. The van der Waals surface area contributed by atoms with E-state index in [9.17, 15) is 13.2 Å². The molecule has 1 amide bonds. The van der Waals surface area contributed by atoms with Gasteiger partial charge in [-0.3, -0.25) is 4.79 Å². The van der Waals surface area contributed by atoms with Crippen LogP contribution in [0.5, 0.6) is 5.75 Å². The molecule has 2 atom stereocenters. The number of benzene rings is 2. The fraction of sp³-hybridized carbons (Fsp3) is 0.381. The fourth-order valence-electron chi connectivity index (χ4n) is 3.57. The van der Waals surface area contributed by atoms with Crippen molar-refractivity contribution in [2.45, 2.75) is 30.7 Å². The first kappa shape index (κ1) is 20.4. The Morgan fingerprint density at radius 1 is 1.11 bits per heavy atom. The van der Waals surface area contributed by atoms with Crippen molar-refractivity contribution in [3.8, 4) is 5.75 Å². The number of methoxy groups -OCH3 is 1. The molecule has 150 valence electrons. The molecule has 0 spiro atoms. The molecule has 2 aromatic carbocycles. The summed E-state index contributed by atoms with van der Waals surface area (Å²) in [7, 11) is -2.08. The maximum absolute atomic E-state index is 13.1. The van der Waals surface area contributed by atoms with Crippen molar-refractivity contribution in [2.24, 2.45) is 5.92 Å². The van der Waals surface area contributed by atoms with Crippen LogP contribution in [0.2, 0.25) is 0 Å². The Balaban J connectivity index is 1.95. The summed E-state index contributed by atoms with van der Waals surface area (Å²) in [6.07, 6.45) is 0. The lowest BCUT2D eigenvalue weighted by Crippen LogP contribution is -2.39. The van der Waals surface area contributed by atoms with Gasteiger partial charge in [-0.05, 0) is 43.7 Å². The molecule has 0 aliphatic carbocycles. The zero-order valence-electron chi connectivity index (χ0n) is 16.3. The molecule has 1 fully saturated rings. The fourth-order valence-corrected chi connectivity index (χ4v) is 5.09. The first-order chi connectivity index (χ1) is 13.3. The number of sulfonamides is 1. The summed E-state index contributed by atoms with van der Waals surface area (Å²) < 4.78 is 32.9. The highest BCUT2D eigenvalue weighted by molar-refractivity contribution is 7.89. The van der Waals surface area contributed by atoms with E-state index in [2.05, 4.69) is 5.32 Å². The lowest BCUT2D eigenvalue weighted by molar-refractivity contribution is -0.125. The van der Waals surface area contributed by atoms with Crippen LogP contribution in [-0.4, -0.2) is 44.9 Å². The van der Waals surface area contributed by atoms with Gasteiger partial charge in [-0.1, -0.05) is 30.3 Å². The van der Waals surface area contributed by atoms with Crippen LogP contribution in [0, 0.1) is 5.92 Å². The summed E-state index contributed by atoms with van der Waals surface area (Å²) in [5.41, 5.74) is 0.897. The summed E-state index contributed by atoms with van der Waals surface area (Å²) in [6.45, 7) is 4.19. The standard InChI is InChI=1S/C21H26N2O4S/c1-15(2)22-21(24)20-14-23(28(25,26)18-10-5-4-6-11-18)13-19(20)16-8-7-9-17(12-16)27-3/h4-12,15,19-20H,13-14H2,1-3H3,(H,22,24)/t19-,20+/m1/s1. The van der Waals surface area contributed by atoms with Crippen molar-refractivity contribution in [1.82, 2.24) is 9.62 Å². The largest absolute Gasteiger partial charge is 0.497 e. The van der Waals surface area contributed by atoms with Crippen LogP contribution >= 0.6 is 0 Å². The molecule has 0 radical (unpaired) electrons. The highest BCUT2D eigenvalue weighted by Crippen LogP contribution is 2.37. The van der Waals surface area contributed by atoms with Gasteiger partial charge in [-0.25, -0.2) is 8.42 Å². The Labute approximate surface area is 166 Å². The number of carbonyl (C=O) groups excluding carboxylic acids is 1. The number of ether oxygens (including phenoxy) is 1. The van der Waals surface area contributed by atoms with E-state index < -0.39 is 15.9 Å². The van der Waals surface area contributed by atoms with Crippen LogP contribution in [0.4, 0.5) is 0 Å². The Hall–Kier alpha value is -2.38. The average molecular weight is 403 g/mol. The topological polar surface area (TPSA) is 75.7 Å². The van der Waals surface area contributed by atoms with Crippen LogP contribution < -0.4 is 10.1 Å². The third-order valence-corrected chi connectivity index (χ3v) is 6.80. The zero-order chi connectivity index (χ0) is 20.3. The molecule has 1 aliphatic heterocycles. The quantitative estimate of drug-likeness (QED) is 0.806. The van der Waals surface area contributed by atoms with Gasteiger partial charge in [0.2, 0.25) is 15.9 Å². The molecule has 0 bridgehead atoms. The van der Waals surface area contributed by atoms with Gasteiger partial charge in [0.15, 0.2) is 0 Å². The summed E-state index contributed by atoms with van der Waals surface area (Å²) in [4.78, 5) is 13.1. The molecule has 28 heavy (non-hydrogen) atoms. The maximum atomic E-state index is 13.1. The number of nitrogens with zero attached hydrogens (tertiary/aromatic N) is 1. The van der Waals surface area contributed by atoms with Crippen LogP contribution in [0.25, 0.3) is 0 Å². The van der Waals surface area contributed by atoms with Crippen molar-refractivity contribution < 1.29 is 17.9 Å². The van der Waals surface area contributed by atoms with Gasteiger partial charge in [0, 0.05) is 25.0 Å². The van der Waals surface area contributed by atoms with Crippen molar-refractivity contribution >= 4 is 15.9 Å².